The fourth-order valence-corrected chi connectivity index (χ4v) is 3.44. The van der Waals surface area contributed by atoms with E-state index >= 15 is 0 Å². The van der Waals surface area contributed by atoms with E-state index in [4.69, 9.17) is 9.47 Å². The number of amides is 1. The van der Waals surface area contributed by atoms with Crippen molar-refractivity contribution in [2.75, 3.05) is 11.9 Å². The number of halogens is 1. The summed E-state index contributed by atoms with van der Waals surface area (Å²) in [5.41, 5.74) is 0.854. The lowest BCUT2D eigenvalue weighted by Crippen LogP contribution is -2.27. The second kappa shape index (κ2) is 7.86. The summed E-state index contributed by atoms with van der Waals surface area (Å²) in [5.74, 6) is -0.923. The minimum Gasteiger partial charge on any atom is -0.462 e. The largest absolute Gasteiger partial charge is 0.462 e. The van der Waals surface area contributed by atoms with Crippen molar-refractivity contribution >= 4 is 28.4 Å². The second-order valence-corrected chi connectivity index (χ2v) is 7.82. The Morgan fingerprint density at radius 2 is 1.81 bits per heavy atom. The molecule has 2 aromatic rings. The summed E-state index contributed by atoms with van der Waals surface area (Å²) in [5, 5.41) is 2.97. The topological polar surface area (TPSA) is 64.6 Å². The molecule has 5 nitrogen and oxygen atoms in total. The van der Waals surface area contributed by atoms with E-state index in [-0.39, 0.29) is 18.0 Å². The monoisotopic (exact) mass is 379 g/mol. The number of esters is 1. The van der Waals surface area contributed by atoms with Crippen molar-refractivity contribution in [2.45, 2.75) is 40.2 Å². The van der Waals surface area contributed by atoms with Gasteiger partial charge in [0.25, 0.3) is 0 Å². The van der Waals surface area contributed by atoms with Crippen molar-refractivity contribution in [1.82, 2.24) is 0 Å². The molecule has 0 aliphatic rings. The molecule has 1 N–H and O–H groups in total. The molecule has 1 aromatic heterocycles. The van der Waals surface area contributed by atoms with Crippen LogP contribution in [-0.2, 0) is 9.47 Å². The molecule has 0 spiro atoms. The maximum atomic E-state index is 13.3. The van der Waals surface area contributed by atoms with Crippen LogP contribution in [-0.4, -0.2) is 24.3 Å². The van der Waals surface area contributed by atoms with Gasteiger partial charge in [0.1, 0.15) is 22.0 Å². The SMILES string of the molecule is CCOC(=O)c1c(NC(=O)OC(C)(C)C)sc(C)c1-c1ccc(F)cc1. The quantitative estimate of drug-likeness (QED) is 0.724. The Kier molecular flexibility index (Phi) is 6.02. The molecule has 0 unspecified atom stereocenters. The molecule has 1 aromatic carbocycles. The van der Waals surface area contributed by atoms with E-state index in [0.717, 1.165) is 4.88 Å². The van der Waals surface area contributed by atoms with E-state index in [1.54, 1.807) is 39.8 Å². The summed E-state index contributed by atoms with van der Waals surface area (Å²) in [4.78, 5) is 25.5. The molecule has 0 saturated carbocycles. The number of hydrogen-bond donors (Lipinski definition) is 1. The van der Waals surface area contributed by atoms with Gasteiger partial charge in [-0.2, -0.15) is 0 Å². The number of rotatable bonds is 4. The van der Waals surface area contributed by atoms with Crippen molar-refractivity contribution in [1.29, 1.82) is 0 Å². The number of benzene rings is 1. The van der Waals surface area contributed by atoms with Gasteiger partial charge in [-0.3, -0.25) is 5.32 Å². The highest BCUT2D eigenvalue weighted by molar-refractivity contribution is 7.17. The Morgan fingerprint density at radius 1 is 1.19 bits per heavy atom. The lowest BCUT2D eigenvalue weighted by Gasteiger charge is -2.19. The number of thiophene rings is 1. The summed E-state index contributed by atoms with van der Waals surface area (Å²) in [6.07, 6.45) is -0.657. The highest BCUT2D eigenvalue weighted by Gasteiger charge is 2.27. The Hall–Kier alpha value is -2.41. The van der Waals surface area contributed by atoms with Gasteiger partial charge in [0.15, 0.2) is 0 Å². The molecule has 0 aliphatic heterocycles. The average molecular weight is 379 g/mol. The molecule has 1 heterocycles. The van der Waals surface area contributed by atoms with Crippen LogP contribution in [0.4, 0.5) is 14.2 Å². The van der Waals surface area contributed by atoms with Crippen molar-refractivity contribution in [3.63, 3.8) is 0 Å². The highest BCUT2D eigenvalue weighted by Crippen LogP contribution is 2.40. The van der Waals surface area contributed by atoms with Gasteiger partial charge >= 0.3 is 12.1 Å². The van der Waals surface area contributed by atoms with Gasteiger partial charge in [-0.1, -0.05) is 12.1 Å². The molecule has 140 valence electrons. The van der Waals surface area contributed by atoms with E-state index in [2.05, 4.69) is 5.32 Å². The van der Waals surface area contributed by atoms with Crippen LogP contribution in [0.15, 0.2) is 24.3 Å². The molecular weight excluding hydrogens is 357 g/mol. The van der Waals surface area contributed by atoms with Crippen molar-refractivity contribution < 1.29 is 23.5 Å². The van der Waals surface area contributed by atoms with Gasteiger partial charge in [0, 0.05) is 10.4 Å². The van der Waals surface area contributed by atoms with E-state index < -0.39 is 17.7 Å². The third-order valence-electron chi connectivity index (χ3n) is 3.31. The van der Waals surface area contributed by atoms with E-state index in [9.17, 15) is 14.0 Å². The van der Waals surface area contributed by atoms with Crippen molar-refractivity contribution in [3.05, 3.63) is 40.5 Å². The fourth-order valence-electron chi connectivity index (χ4n) is 2.39. The first-order chi connectivity index (χ1) is 12.1. The minimum absolute atomic E-state index is 0.197. The van der Waals surface area contributed by atoms with Crippen LogP contribution in [0.5, 0.6) is 0 Å². The van der Waals surface area contributed by atoms with Crippen LogP contribution in [0, 0.1) is 12.7 Å². The zero-order valence-electron chi connectivity index (χ0n) is 15.4. The van der Waals surface area contributed by atoms with Gasteiger partial charge in [0.05, 0.1) is 6.61 Å². The highest BCUT2D eigenvalue weighted by atomic mass is 32.1. The van der Waals surface area contributed by atoms with Crippen LogP contribution in [0.3, 0.4) is 0 Å². The van der Waals surface area contributed by atoms with Crippen LogP contribution < -0.4 is 5.32 Å². The Morgan fingerprint density at radius 3 is 2.35 bits per heavy atom. The average Bonchev–Trinajstić information content (AvgIpc) is 2.82. The molecule has 0 aliphatic carbocycles. The summed E-state index contributed by atoms with van der Waals surface area (Å²) in [6.45, 7) is 8.98. The van der Waals surface area contributed by atoms with Crippen LogP contribution >= 0.6 is 11.3 Å². The third kappa shape index (κ3) is 4.82. The first kappa shape index (κ1) is 19.9. The number of aryl methyl sites for hydroxylation is 1. The number of hydrogen-bond acceptors (Lipinski definition) is 5. The first-order valence-electron chi connectivity index (χ1n) is 8.19. The van der Waals surface area contributed by atoms with Crippen LogP contribution in [0.2, 0.25) is 0 Å². The number of ether oxygens (including phenoxy) is 2. The molecule has 26 heavy (non-hydrogen) atoms. The number of carbonyl (C=O) groups excluding carboxylic acids is 2. The number of anilines is 1. The van der Waals surface area contributed by atoms with Crippen LogP contribution in [0.25, 0.3) is 11.1 Å². The van der Waals surface area contributed by atoms with E-state index in [0.29, 0.717) is 16.1 Å². The smallest absolute Gasteiger partial charge is 0.412 e. The normalized spacial score (nSPS) is 11.2. The fraction of sp³-hybridized carbons (Fsp3) is 0.368. The standard InChI is InChI=1S/C19H22FNO4S/c1-6-24-17(22)15-14(12-7-9-13(20)10-8-12)11(2)26-16(15)21-18(23)25-19(3,4)5/h7-10H,6H2,1-5H3,(H,21,23). The molecule has 1 amide bonds. The van der Waals surface area contributed by atoms with Crippen molar-refractivity contribution in [2.24, 2.45) is 0 Å². The zero-order chi connectivity index (χ0) is 19.5. The molecule has 0 bridgehead atoms. The maximum absolute atomic E-state index is 13.3. The van der Waals surface area contributed by atoms with Gasteiger partial charge in [-0.15, -0.1) is 11.3 Å². The summed E-state index contributed by atoms with van der Waals surface area (Å²) in [7, 11) is 0. The summed E-state index contributed by atoms with van der Waals surface area (Å²) < 4.78 is 23.7. The summed E-state index contributed by atoms with van der Waals surface area (Å²) in [6, 6.07) is 5.82. The molecule has 0 radical (unpaired) electrons. The van der Waals surface area contributed by atoms with Gasteiger partial charge in [0.2, 0.25) is 0 Å². The molecule has 0 saturated heterocycles. The number of carbonyl (C=O) groups is 2. The molecule has 0 fully saturated rings. The first-order valence-corrected chi connectivity index (χ1v) is 9.00. The maximum Gasteiger partial charge on any atom is 0.412 e. The summed E-state index contributed by atoms with van der Waals surface area (Å²) >= 11 is 1.24. The van der Waals surface area contributed by atoms with Gasteiger partial charge < -0.3 is 9.47 Å². The van der Waals surface area contributed by atoms with Crippen molar-refractivity contribution in [3.8, 4) is 11.1 Å². The number of nitrogens with one attached hydrogen (secondary N) is 1. The van der Waals surface area contributed by atoms with E-state index in [1.807, 2.05) is 6.92 Å². The minimum atomic E-state index is -0.666. The molecule has 2 rings (SSSR count). The third-order valence-corrected chi connectivity index (χ3v) is 4.33. The predicted molar refractivity (Wildman–Crippen MR) is 100 cm³/mol. The van der Waals surface area contributed by atoms with E-state index in [1.165, 1.54) is 23.5 Å². The van der Waals surface area contributed by atoms with Gasteiger partial charge in [-0.25, -0.2) is 14.0 Å². The Bertz CT molecular complexity index is 806. The molecular formula is C19H22FNO4S. The molecule has 7 heteroatoms. The Labute approximate surface area is 156 Å². The van der Waals surface area contributed by atoms with Crippen LogP contribution in [0.1, 0.15) is 42.9 Å². The second-order valence-electron chi connectivity index (χ2n) is 6.59. The molecule has 0 atom stereocenters. The Balaban J connectivity index is 2.48. The lowest BCUT2D eigenvalue weighted by molar-refractivity contribution is 0.0529. The lowest BCUT2D eigenvalue weighted by atomic mass is 10.0. The predicted octanol–water partition coefficient (Wildman–Crippen LogP) is 5.39. The zero-order valence-corrected chi connectivity index (χ0v) is 16.3. The van der Waals surface area contributed by atoms with Gasteiger partial charge in [-0.05, 0) is 52.3 Å².